The number of likely N-dealkylation sites (N-methyl/N-ethyl adjacent to an activating group) is 2. The maximum absolute atomic E-state index is 10.3. The standard InChI is InChI=1S/C13H26N2O2/c1-14-5-6-15(2)12(10-14)9-13(16)11-3-7-17-8-4-11/h11-13,16H,3-10H2,1-2H3. The highest BCUT2D eigenvalue weighted by molar-refractivity contribution is 4.83. The minimum atomic E-state index is -0.155. The molecule has 2 fully saturated rings. The van der Waals surface area contributed by atoms with Gasteiger partial charge in [0, 0.05) is 38.9 Å². The van der Waals surface area contributed by atoms with Gasteiger partial charge in [0.15, 0.2) is 0 Å². The molecule has 2 atom stereocenters. The van der Waals surface area contributed by atoms with Crippen molar-refractivity contribution in [3.8, 4) is 0 Å². The predicted octanol–water partition coefficient (Wildman–Crippen LogP) is 0.410. The van der Waals surface area contributed by atoms with E-state index < -0.39 is 0 Å². The van der Waals surface area contributed by atoms with E-state index in [4.69, 9.17) is 4.74 Å². The van der Waals surface area contributed by atoms with Gasteiger partial charge in [-0.15, -0.1) is 0 Å². The summed E-state index contributed by atoms with van der Waals surface area (Å²) in [6.07, 6.45) is 2.80. The molecule has 0 saturated carbocycles. The van der Waals surface area contributed by atoms with E-state index in [1.54, 1.807) is 0 Å². The first kappa shape index (κ1) is 13.3. The van der Waals surface area contributed by atoms with Crippen molar-refractivity contribution < 1.29 is 9.84 Å². The molecule has 2 aliphatic rings. The highest BCUT2D eigenvalue weighted by Gasteiger charge is 2.29. The van der Waals surface area contributed by atoms with Crippen molar-refractivity contribution in [2.24, 2.45) is 5.92 Å². The zero-order valence-corrected chi connectivity index (χ0v) is 11.1. The molecule has 2 saturated heterocycles. The lowest BCUT2D eigenvalue weighted by Crippen LogP contribution is -2.51. The zero-order chi connectivity index (χ0) is 12.3. The monoisotopic (exact) mass is 242 g/mol. The van der Waals surface area contributed by atoms with E-state index >= 15 is 0 Å². The number of aliphatic hydroxyl groups excluding tert-OH is 1. The third kappa shape index (κ3) is 3.65. The SMILES string of the molecule is CN1CCN(C)C(CC(O)C2CCOCC2)C1. The van der Waals surface area contributed by atoms with Crippen LogP contribution in [0.4, 0.5) is 0 Å². The molecular formula is C13H26N2O2. The van der Waals surface area contributed by atoms with Gasteiger partial charge >= 0.3 is 0 Å². The Kier molecular flexibility index (Phi) is 4.79. The van der Waals surface area contributed by atoms with Crippen LogP contribution in [0.25, 0.3) is 0 Å². The smallest absolute Gasteiger partial charge is 0.0585 e. The fourth-order valence-corrected chi connectivity index (χ4v) is 2.93. The Labute approximate surface area is 105 Å². The van der Waals surface area contributed by atoms with Gasteiger partial charge in [-0.1, -0.05) is 0 Å². The van der Waals surface area contributed by atoms with Gasteiger partial charge in [-0.3, -0.25) is 0 Å². The lowest BCUT2D eigenvalue weighted by atomic mass is 9.89. The normalized spacial score (nSPS) is 31.6. The van der Waals surface area contributed by atoms with Crippen LogP contribution >= 0.6 is 0 Å². The van der Waals surface area contributed by atoms with E-state index in [0.717, 1.165) is 52.1 Å². The van der Waals surface area contributed by atoms with Crippen LogP contribution in [-0.4, -0.2) is 74.0 Å². The second-order valence-electron chi connectivity index (χ2n) is 5.65. The molecule has 17 heavy (non-hydrogen) atoms. The Morgan fingerprint density at radius 1 is 1.24 bits per heavy atom. The second-order valence-corrected chi connectivity index (χ2v) is 5.65. The lowest BCUT2D eigenvalue weighted by Gasteiger charge is -2.40. The molecule has 2 heterocycles. The molecule has 100 valence electrons. The van der Waals surface area contributed by atoms with Gasteiger partial charge in [0.2, 0.25) is 0 Å². The first-order valence-corrected chi connectivity index (χ1v) is 6.81. The van der Waals surface area contributed by atoms with Crippen LogP contribution in [0.15, 0.2) is 0 Å². The van der Waals surface area contributed by atoms with Crippen LogP contribution in [0, 0.1) is 5.92 Å². The van der Waals surface area contributed by atoms with Gasteiger partial charge in [0.05, 0.1) is 6.10 Å². The van der Waals surface area contributed by atoms with Crippen LogP contribution in [-0.2, 0) is 4.74 Å². The Balaban J connectivity index is 1.81. The van der Waals surface area contributed by atoms with Crippen molar-refractivity contribution in [2.75, 3.05) is 46.9 Å². The molecule has 2 unspecified atom stereocenters. The molecular weight excluding hydrogens is 216 g/mol. The number of rotatable bonds is 3. The maximum Gasteiger partial charge on any atom is 0.0585 e. The average Bonchev–Trinajstić information content (AvgIpc) is 2.35. The predicted molar refractivity (Wildman–Crippen MR) is 68.1 cm³/mol. The lowest BCUT2D eigenvalue weighted by molar-refractivity contribution is -0.0130. The van der Waals surface area contributed by atoms with Crippen LogP contribution in [0.2, 0.25) is 0 Å². The zero-order valence-electron chi connectivity index (χ0n) is 11.1. The van der Waals surface area contributed by atoms with Gasteiger partial charge in [0.1, 0.15) is 0 Å². The van der Waals surface area contributed by atoms with E-state index in [1.165, 1.54) is 0 Å². The molecule has 0 aromatic rings. The van der Waals surface area contributed by atoms with E-state index in [9.17, 15) is 5.11 Å². The van der Waals surface area contributed by atoms with Gasteiger partial charge in [0.25, 0.3) is 0 Å². The fourth-order valence-electron chi connectivity index (χ4n) is 2.93. The topological polar surface area (TPSA) is 35.9 Å². The number of nitrogens with zero attached hydrogens (tertiary/aromatic N) is 2. The third-order valence-electron chi connectivity index (χ3n) is 4.30. The summed E-state index contributed by atoms with van der Waals surface area (Å²) in [7, 11) is 4.34. The molecule has 1 N–H and O–H groups in total. The third-order valence-corrected chi connectivity index (χ3v) is 4.30. The second kappa shape index (κ2) is 6.14. The number of hydrogen-bond donors (Lipinski definition) is 1. The molecule has 4 heteroatoms. The minimum absolute atomic E-state index is 0.155. The van der Waals surface area contributed by atoms with E-state index in [2.05, 4.69) is 23.9 Å². The first-order valence-electron chi connectivity index (χ1n) is 6.81. The van der Waals surface area contributed by atoms with Crippen LogP contribution in [0.5, 0.6) is 0 Å². The van der Waals surface area contributed by atoms with Crippen LogP contribution < -0.4 is 0 Å². The summed E-state index contributed by atoms with van der Waals surface area (Å²) in [6, 6.07) is 0.506. The molecule has 0 aromatic carbocycles. The van der Waals surface area contributed by atoms with Crippen molar-refractivity contribution in [3.05, 3.63) is 0 Å². The van der Waals surface area contributed by atoms with E-state index in [1.807, 2.05) is 0 Å². The van der Waals surface area contributed by atoms with E-state index in [-0.39, 0.29) is 6.10 Å². The number of aliphatic hydroxyl groups is 1. The Morgan fingerprint density at radius 3 is 2.65 bits per heavy atom. The molecule has 0 spiro atoms. The number of hydrogen-bond acceptors (Lipinski definition) is 4. The average molecular weight is 242 g/mol. The first-order chi connectivity index (χ1) is 8.16. The highest BCUT2D eigenvalue weighted by Crippen LogP contribution is 2.23. The molecule has 0 aromatic heterocycles. The van der Waals surface area contributed by atoms with Gasteiger partial charge < -0.3 is 19.6 Å². The quantitative estimate of drug-likeness (QED) is 0.777. The van der Waals surface area contributed by atoms with Crippen molar-refractivity contribution in [2.45, 2.75) is 31.4 Å². The molecule has 4 nitrogen and oxygen atoms in total. The van der Waals surface area contributed by atoms with Crippen LogP contribution in [0.1, 0.15) is 19.3 Å². The fraction of sp³-hybridized carbons (Fsp3) is 1.00. The summed E-state index contributed by atoms with van der Waals surface area (Å²) in [5, 5.41) is 10.3. The molecule has 2 aliphatic heterocycles. The van der Waals surface area contributed by atoms with E-state index in [0.29, 0.717) is 12.0 Å². The van der Waals surface area contributed by atoms with Gasteiger partial charge in [-0.25, -0.2) is 0 Å². The summed E-state index contributed by atoms with van der Waals surface area (Å²) in [6.45, 7) is 4.98. The van der Waals surface area contributed by atoms with Crippen molar-refractivity contribution >= 4 is 0 Å². The van der Waals surface area contributed by atoms with Crippen molar-refractivity contribution in [3.63, 3.8) is 0 Å². The summed E-state index contributed by atoms with van der Waals surface area (Å²) in [5.41, 5.74) is 0. The van der Waals surface area contributed by atoms with Gasteiger partial charge in [-0.2, -0.15) is 0 Å². The summed E-state index contributed by atoms with van der Waals surface area (Å²) < 4.78 is 5.35. The Hall–Kier alpha value is -0.160. The Bertz CT molecular complexity index is 231. The molecule has 2 rings (SSSR count). The highest BCUT2D eigenvalue weighted by atomic mass is 16.5. The summed E-state index contributed by atoms with van der Waals surface area (Å²) in [4.78, 5) is 4.75. The Morgan fingerprint density at radius 2 is 1.94 bits per heavy atom. The van der Waals surface area contributed by atoms with Crippen LogP contribution in [0.3, 0.4) is 0 Å². The number of ether oxygens (including phenoxy) is 1. The number of piperazine rings is 1. The van der Waals surface area contributed by atoms with Gasteiger partial charge in [-0.05, 0) is 39.3 Å². The largest absolute Gasteiger partial charge is 0.393 e. The maximum atomic E-state index is 10.3. The molecule has 0 radical (unpaired) electrons. The molecule has 0 bridgehead atoms. The van der Waals surface area contributed by atoms with Crippen molar-refractivity contribution in [1.29, 1.82) is 0 Å². The summed E-state index contributed by atoms with van der Waals surface area (Å²) in [5.74, 6) is 0.449. The molecule has 0 amide bonds. The minimum Gasteiger partial charge on any atom is -0.393 e. The van der Waals surface area contributed by atoms with Crippen molar-refractivity contribution in [1.82, 2.24) is 9.80 Å². The summed E-state index contributed by atoms with van der Waals surface area (Å²) >= 11 is 0. The molecule has 0 aliphatic carbocycles.